The van der Waals surface area contributed by atoms with Crippen LogP contribution in [-0.4, -0.2) is 37.6 Å². The van der Waals surface area contributed by atoms with Crippen LogP contribution in [0.4, 0.5) is 13.2 Å². The summed E-state index contributed by atoms with van der Waals surface area (Å²) in [5.74, 6) is 0.170. The van der Waals surface area contributed by atoms with Crippen molar-refractivity contribution in [2.45, 2.75) is 19.1 Å². The maximum absolute atomic E-state index is 12.6. The lowest BCUT2D eigenvalue weighted by molar-refractivity contribution is -0.137. The highest BCUT2D eigenvalue weighted by atomic mass is 19.4. The second-order valence-electron chi connectivity index (χ2n) is 6.05. The number of alkyl halides is 3. The number of rotatable bonds is 8. The fraction of sp³-hybridized carbons (Fsp3) is 0.350. The van der Waals surface area contributed by atoms with Gasteiger partial charge in [-0.3, -0.25) is 9.69 Å². The Bertz CT molecular complexity index is 718. The number of carbonyl (C=O) groups is 1. The SMILES string of the molecule is CCN(C)C(C(=O)NCCOc1ccc(C(F)(F)F)cc1)c1ccccc1. The number of nitrogens with zero attached hydrogens (tertiary/aromatic N) is 1. The van der Waals surface area contributed by atoms with E-state index in [2.05, 4.69) is 5.32 Å². The largest absolute Gasteiger partial charge is 0.492 e. The first kappa shape index (κ1) is 20.8. The number of carbonyl (C=O) groups excluding carboxylic acids is 1. The van der Waals surface area contributed by atoms with Crippen LogP contribution in [0.2, 0.25) is 0 Å². The smallest absolute Gasteiger partial charge is 0.416 e. The molecule has 0 fully saturated rings. The molecule has 2 rings (SSSR count). The monoisotopic (exact) mass is 380 g/mol. The Morgan fingerprint density at radius 3 is 2.30 bits per heavy atom. The summed E-state index contributed by atoms with van der Waals surface area (Å²) >= 11 is 0. The molecule has 0 saturated carbocycles. The average Bonchev–Trinajstić information content (AvgIpc) is 2.66. The minimum atomic E-state index is -4.37. The van der Waals surface area contributed by atoms with Gasteiger partial charge in [-0.2, -0.15) is 13.2 Å². The van der Waals surface area contributed by atoms with Gasteiger partial charge >= 0.3 is 6.18 Å². The molecule has 0 aliphatic carbocycles. The van der Waals surface area contributed by atoms with Crippen LogP contribution in [0.3, 0.4) is 0 Å². The fourth-order valence-electron chi connectivity index (χ4n) is 2.60. The zero-order chi connectivity index (χ0) is 19.9. The lowest BCUT2D eigenvalue weighted by Crippen LogP contribution is -2.40. The predicted molar refractivity (Wildman–Crippen MR) is 97.4 cm³/mol. The number of hydrogen-bond donors (Lipinski definition) is 1. The predicted octanol–water partition coefficient (Wildman–Crippen LogP) is 3.89. The van der Waals surface area contributed by atoms with Gasteiger partial charge in [-0.15, -0.1) is 0 Å². The van der Waals surface area contributed by atoms with E-state index in [0.29, 0.717) is 12.3 Å². The van der Waals surface area contributed by atoms with Crippen LogP contribution in [0.25, 0.3) is 0 Å². The molecule has 0 aliphatic rings. The van der Waals surface area contributed by atoms with Gasteiger partial charge in [-0.05, 0) is 43.4 Å². The molecule has 146 valence electrons. The third kappa shape index (κ3) is 5.99. The van der Waals surface area contributed by atoms with Gasteiger partial charge in [-0.1, -0.05) is 37.3 Å². The van der Waals surface area contributed by atoms with Gasteiger partial charge in [0.05, 0.1) is 12.1 Å². The number of likely N-dealkylation sites (N-methyl/N-ethyl adjacent to an activating group) is 1. The fourth-order valence-corrected chi connectivity index (χ4v) is 2.60. The summed E-state index contributed by atoms with van der Waals surface area (Å²) in [4.78, 5) is 14.5. The van der Waals surface area contributed by atoms with Gasteiger partial charge in [0.15, 0.2) is 0 Å². The summed E-state index contributed by atoms with van der Waals surface area (Å²) in [5.41, 5.74) is 0.166. The van der Waals surface area contributed by atoms with Crippen molar-refractivity contribution in [2.24, 2.45) is 0 Å². The Morgan fingerprint density at radius 1 is 1.11 bits per heavy atom. The molecular weight excluding hydrogens is 357 g/mol. The van der Waals surface area contributed by atoms with E-state index in [9.17, 15) is 18.0 Å². The molecule has 7 heteroatoms. The summed E-state index contributed by atoms with van der Waals surface area (Å²) in [6, 6.07) is 13.5. The van der Waals surface area contributed by atoms with E-state index in [-0.39, 0.29) is 19.1 Å². The van der Waals surface area contributed by atoms with Gasteiger partial charge in [0.2, 0.25) is 5.91 Å². The molecule has 1 amide bonds. The zero-order valence-corrected chi connectivity index (χ0v) is 15.3. The van der Waals surface area contributed by atoms with Crippen molar-refractivity contribution >= 4 is 5.91 Å². The quantitative estimate of drug-likeness (QED) is 0.707. The molecule has 0 aliphatic heterocycles. The van der Waals surface area contributed by atoms with Crippen molar-refractivity contribution in [1.29, 1.82) is 0 Å². The lowest BCUT2D eigenvalue weighted by atomic mass is 10.0. The highest BCUT2D eigenvalue weighted by molar-refractivity contribution is 5.83. The summed E-state index contributed by atoms with van der Waals surface area (Å²) in [7, 11) is 1.87. The van der Waals surface area contributed by atoms with Crippen LogP contribution in [0, 0.1) is 0 Å². The van der Waals surface area contributed by atoms with Crippen LogP contribution in [-0.2, 0) is 11.0 Å². The number of benzene rings is 2. The first-order valence-corrected chi connectivity index (χ1v) is 8.66. The van der Waals surface area contributed by atoms with Gasteiger partial charge in [-0.25, -0.2) is 0 Å². The zero-order valence-electron chi connectivity index (χ0n) is 15.3. The third-order valence-electron chi connectivity index (χ3n) is 4.15. The van der Waals surface area contributed by atoms with Crippen molar-refractivity contribution in [3.63, 3.8) is 0 Å². The standard InChI is InChI=1S/C20H23F3N2O2/c1-3-25(2)18(15-7-5-4-6-8-15)19(26)24-13-14-27-17-11-9-16(10-12-17)20(21,22)23/h4-12,18H,3,13-14H2,1-2H3,(H,24,26). The van der Waals surface area contributed by atoms with E-state index < -0.39 is 17.8 Å². The molecule has 0 bridgehead atoms. The second kappa shape index (κ2) is 9.41. The molecule has 0 heterocycles. The summed E-state index contributed by atoms with van der Waals surface area (Å²) in [6.07, 6.45) is -4.37. The van der Waals surface area contributed by atoms with Gasteiger partial charge < -0.3 is 10.1 Å². The minimum absolute atomic E-state index is 0.151. The number of hydrogen-bond acceptors (Lipinski definition) is 3. The Balaban J connectivity index is 1.87. The van der Waals surface area contributed by atoms with Crippen LogP contribution in [0.1, 0.15) is 24.1 Å². The number of amides is 1. The maximum Gasteiger partial charge on any atom is 0.416 e. The van der Waals surface area contributed by atoms with E-state index >= 15 is 0 Å². The van der Waals surface area contributed by atoms with E-state index in [4.69, 9.17) is 4.74 Å². The number of ether oxygens (including phenoxy) is 1. The average molecular weight is 380 g/mol. The molecule has 0 aromatic heterocycles. The van der Waals surface area contributed by atoms with Crippen LogP contribution in [0.15, 0.2) is 54.6 Å². The molecule has 1 unspecified atom stereocenters. The van der Waals surface area contributed by atoms with Crippen LogP contribution >= 0.6 is 0 Å². The lowest BCUT2D eigenvalue weighted by Gasteiger charge is -2.26. The first-order valence-electron chi connectivity index (χ1n) is 8.66. The van der Waals surface area contributed by atoms with Crippen molar-refractivity contribution < 1.29 is 22.7 Å². The summed E-state index contributed by atoms with van der Waals surface area (Å²) < 4.78 is 43.0. The minimum Gasteiger partial charge on any atom is -0.492 e. The molecule has 2 aromatic rings. The Labute approximate surface area is 156 Å². The molecule has 1 atom stereocenters. The highest BCUT2D eigenvalue weighted by Gasteiger charge is 2.30. The Hall–Kier alpha value is -2.54. The second-order valence-corrected chi connectivity index (χ2v) is 6.05. The Kier molecular flexibility index (Phi) is 7.24. The first-order chi connectivity index (χ1) is 12.8. The van der Waals surface area contributed by atoms with E-state index in [1.807, 2.05) is 49.2 Å². The van der Waals surface area contributed by atoms with E-state index in [1.54, 1.807) is 0 Å². The Morgan fingerprint density at radius 2 is 1.74 bits per heavy atom. The molecule has 0 spiro atoms. The van der Waals surface area contributed by atoms with E-state index in [0.717, 1.165) is 17.7 Å². The molecule has 0 radical (unpaired) electrons. The van der Waals surface area contributed by atoms with Crippen molar-refractivity contribution in [3.8, 4) is 5.75 Å². The van der Waals surface area contributed by atoms with Crippen LogP contribution in [0.5, 0.6) is 5.75 Å². The molecular formula is C20H23F3N2O2. The molecule has 0 saturated heterocycles. The van der Waals surface area contributed by atoms with Crippen LogP contribution < -0.4 is 10.1 Å². The van der Waals surface area contributed by atoms with Crippen molar-refractivity contribution in [2.75, 3.05) is 26.7 Å². The maximum atomic E-state index is 12.6. The topological polar surface area (TPSA) is 41.6 Å². The summed E-state index contributed by atoms with van der Waals surface area (Å²) in [5, 5.41) is 2.82. The normalized spacial score (nSPS) is 12.7. The number of nitrogens with one attached hydrogen (secondary N) is 1. The number of halogens is 3. The van der Waals surface area contributed by atoms with Gasteiger partial charge in [0.1, 0.15) is 18.4 Å². The summed E-state index contributed by atoms with van der Waals surface area (Å²) in [6.45, 7) is 3.08. The molecule has 4 nitrogen and oxygen atoms in total. The van der Waals surface area contributed by atoms with Crippen molar-refractivity contribution in [3.05, 3.63) is 65.7 Å². The van der Waals surface area contributed by atoms with Gasteiger partial charge in [0.25, 0.3) is 0 Å². The molecule has 2 aromatic carbocycles. The highest BCUT2D eigenvalue weighted by Crippen LogP contribution is 2.30. The molecule has 27 heavy (non-hydrogen) atoms. The third-order valence-corrected chi connectivity index (χ3v) is 4.15. The molecule has 1 N–H and O–H groups in total. The van der Waals surface area contributed by atoms with Gasteiger partial charge in [0, 0.05) is 0 Å². The van der Waals surface area contributed by atoms with E-state index in [1.165, 1.54) is 12.1 Å². The van der Waals surface area contributed by atoms with Crippen molar-refractivity contribution in [1.82, 2.24) is 10.2 Å².